The number of amides is 2. The third-order valence-corrected chi connectivity index (χ3v) is 3.80. The number of likely N-dealkylation sites (tertiary alicyclic amines) is 1. The predicted octanol–water partition coefficient (Wildman–Crippen LogP) is 2.41. The molecule has 0 aliphatic carbocycles. The number of nitrogens with zero attached hydrogens (tertiary/aromatic N) is 2. The Morgan fingerprint density at radius 3 is 2.77 bits per heavy atom. The SMILES string of the molecule is COC(=O)N1CCC[C@H](C(=O)N(C)c2cc(F)ccc2F)C1. The first kappa shape index (κ1) is 16.2. The van der Waals surface area contributed by atoms with Gasteiger partial charge in [-0.3, -0.25) is 4.79 Å². The molecule has 0 unspecified atom stereocenters. The summed E-state index contributed by atoms with van der Waals surface area (Å²) in [5.41, 5.74) is -0.111. The summed E-state index contributed by atoms with van der Waals surface area (Å²) in [5, 5.41) is 0. The second-order valence-electron chi connectivity index (χ2n) is 5.25. The number of halogens is 2. The van der Waals surface area contributed by atoms with E-state index in [0.717, 1.165) is 23.1 Å². The molecule has 0 spiro atoms. The zero-order chi connectivity index (χ0) is 16.3. The molecule has 1 aromatic carbocycles. The first-order chi connectivity index (χ1) is 10.4. The van der Waals surface area contributed by atoms with Crippen molar-refractivity contribution in [2.45, 2.75) is 12.8 Å². The molecular formula is C15H18F2N2O3. The van der Waals surface area contributed by atoms with Crippen LogP contribution in [-0.2, 0) is 9.53 Å². The maximum absolute atomic E-state index is 13.8. The monoisotopic (exact) mass is 312 g/mol. The molecule has 120 valence electrons. The number of anilines is 1. The number of benzene rings is 1. The summed E-state index contributed by atoms with van der Waals surface area (Å²) < 4.78 is 31.7. The molecule has 1 saturated heterocycles. The topological polar surface area (TPSA) is 49.9 Å². The molecule has 1 aliphatic heterocycles. The smallest absolute Gasteiger partial charge is 0.409 e. The van der Waals surface area contributed by atoms with Crippen LogP contribution >= 0.6 is 0 Å². The van der Waals surface area contributed by atoms with Crippen LogP contribution < -0.4 is 4.90 Å². The van der Waals surface area contributed by atoms with Crippen LogP contribution in [0.2, 0.25) is 0 Å². The molecule has 1 atom stereocenters. The average Bonchev–Trinajstić information content (AvgIpc) is 2.55. The molecule has 0 aromatic heterocycles. The predicted molar refractivity (Wildman–Crippen MR) is 76.5 cm³/mol. The highest BCUT2D eigenvalue weighted by atomic mass is 19.1. The van der Waals surface area contributed by atoms with Crippen molar-refractivity contribution in [1.82, 2.24) is 4.90 Å². The first-order valence-electron chi connectivity index (χ1n) is 6.99. The van der Waals surface area contributed by atoms with E-state index in [9.17, 15) is 18.4 Å². The minimum absolute atomic E-state index is 0.111. The molecule has 2 rings (SSSR count). The van der Waals surface area contributed by atoms with Gasteiger partial charge in [0.05, 0.1) is 18.7 Å². The molecule has 0 saturated carbocycles. The summed E-state index contributed by atoms with van der Waals surface area (Å²) >= 11 is 0. The number of carbonyl (C=O) groups is 2. The van der Waals surface area contributed by atoms with Crippen LogP contribution in [0.5, 0.6) is 0 Å². The van der Waals surface area contributed by atoms with Gasteiger partial charge in [-0.25, -0.2) is 13.6 Å². The molecule has 1 heterocycles. The lowest BCUT2D eigenvalue weighted by atomic mass is 9.96. The fourth-order valence-corrected chi connectivity index (χ4v) is 2.61. The van der Waals surface area contributed by atoms with Gasteiger partial charge in [0, 0.05) is 26.2 Å². The molecule has 1 aromatic rings. The Balaban J connectivity index is 2.13. The van der Waals surface area contributed by atoms with Gasteiger partial charge in [0.1, 0.15) is 11.6 Å². The van der Waals surface area contributed by atoms with Crippen molar-refractivity contribution < 1.29 is 23.1 Å². The summed E-state index contributed by atoms with van der Waals surface area (Å²) in [5.74, 6) is -2.09. The maximum atomic E-state index is 13.8. The summed E-state index contributed by atoms with van der Waals surface area (Å²) in [4.78, 5) is 26.6. The number of piperidine rings is 1. The van der Waals surface area contributed by atoms with Gasteiger partial charge >= 0.3 is 6.09 Å². The Morgan fingerprint density at radius 2 is 2.09 bits per heavy atom. The molecule has 0 radical (unpaired) electrons. The quantitative estimate of drug-likeness (QED) is 0.842. The molecule has 1 fully saturated rings. The number of carbonyl (C=O) groups excluding carboxylic acids is 2. The standard InChI is InChI=1S/C15H18F2N2O3/c1-18(13-8-11(16)5-6-12(13)17)14(20)10-4-3-7-19(9-10)15(21)22-2/h5-6,8,10H,3-4,7,9H2,1-2H3/t10-/m0/s1. The zero-order valence-corrected chi connectivity index (χ0v) is 12.5. The van der Waals surface area contributed by atoms with E-state index in [-0.39, 0.29) is 18.1 Å². The number of hydrogen-bond acceptors (Lipinski definition) is 3. The molecule has 0 bridgehead atoms. The average molecular weight is 312 g/mol. The summed E-state index contributed by atoms with van der Waals surface area (Å²) in [6.45, 7) is 0.737. The Morgan fingerprint density at radius 1 is 1.36 bits per heavy atom. The minimum atomic E-state index is -0.669. The normalized spacial score (nSPS) is 18.0. The summed E-state index contributed by atoms with van der Waals surface area (Å²) in [7, 11) is 2.68. The number of ether oxygens (including phenoxy) is 1. The summed E-state index contributed by atoms with van der Waals surface area (Å²) in [6.07, 6.45) is 0.760. The van der Waals surface area contributed by atoms with Crippen molar-refractivity contribution >= 4 is 17.7 Å². The number of hydrogen-bond donors (Lipinski definition) is 0. The molecule has 22 heavy (non-hydrogen) atoms. The minimum Gasteiger partial charge on any atom is -0.453 e. The number of rotatable bonds is 2. The summed E-state index contributed by atoms with van der Waals surface area (Å²) in [6, 6.07) is 2.96. The van der Waals surface area contributed by atoms with Crippen molar-refractivity contribution in [3.63, 3.8) is 0 Å². The third-order valence-electron chi connectivity index (χ3n) is 3.80. The van der Waals surface area contributed by atoms with Crippen LogP contribution in [0.25, 0.3) is 0 Å². The van der Waals surface area contributed by atoms with E-state index < -0.39 is 23.6 Å². The lowest BCUT2D eigenvalue weighted by Gasteiger charge is -2.33. The van der Waals surface area contributed by atoms with Gasteiger partial charge in [-0.2, -0.15) is 0 Å². The van der Waals surface area contributed by atoms with Gasteiger partial charge in [-0.05, 0) is 25.0 Å². The van der Waals surface area contributed by atoms with Crippen molar-refractivity contribution in [3.05, 3.63) is 29.8 Å². The Hall–Kier alpha value is -2.18. The van der Waals surface area contributed by atoms with Crippen LogP contribution in [0.3, 0.4) is 0 Å². The largest absolute Gasteiger partial charge is 0.453 e. The van der Waals surface area contributed by atoms with Gasteiger partial charge in [0.25, 0.3) is 0 Å². The van der Waals surface area contributed by atoms with Crippen molar-refractivity contribution in [2.24, 2.45) is 5.92 Å². The van der Waals surface area contributed by atoms with Gasteiger partial charge in [0.15, 0.2) is 0 Å². The van der Waals surface area contributed by atoms with Crippen LogP contribution in [-0.4, -0.2) is 44.1 Å². The molecule has 2 amide bonds. The van der Waals surface area contributed by atoms with Crippen molar-refractivity contribution in [2.75, 3.05) is 32.1 Å². The van der Waals surface area contributed by atoms with Crippen LogP contribution in [0, 0.1) is 17.6 Å². The van der Waals surface area contributed by atoms with Crippen LogP contribution in [0.15, 0.2) is 18.2 Å². The van der Waals surface area contributed by atoms with E-state index in [0.29, 0.717) is 19.4 Å². The zero-order valence-electron chi connectivity index (χ0n) is 12.5. The second kappa shape index (κ2) is 6.72. The molecular weight excluding hydrogens is 294 g/mol. The lowest BCUT2D eigenvalue weighted by molar-refractivity contribution is -0.123. The number of methoxy groups -OCH3 is 1. The molecule has 1 aliphatic rings. The first-order valence-corrected chi connectivity index (χ1v) is 6.99. The van der Waals surface area contributed by atoms with E-state index in [1.54, 1.807) is 0 Å². The van der Waals surface area contributed by atoms with Gasteiger partial charge in [0.2, 0.25) is 5.91 Å². The highest BCUT2D eigenvalue weighted by Gasteiger charge is 2.31. The van der Waals surface area contributed by atoms with Crippen LogP contribution in [0.4, 0.5) is 19.3 Å². The Labute approximate surface area is 127 Å². The van der Waals surface area contributed by atoms with E-state index >= 15 is 0 Å². The molecule has 7 heteroatoms. The highest BCUT2D eigenvalue weighted by Crippen LogP contribution is 2.24. The van der Waals surface area contributed by atoms with Crippen LogP contribution in [0.1, 0.15) is 12.8 Å². The van der Waals surface area contributed by atoms with Crippen molar-refractivity contribution in [1.29, 1.82) is 0 Å². The Bertz CT molecular complexity index is 580. The second-order valence-corrected chi connectivity index (χ2v) is 5.25. The van der Waals surface area contributed by atoms with E-state index in [1.165, 1.54) is 19.1 Å². The van der Waals surface area contributed by atoms with Gasteiger partial charge in [-0.15, -0.1) is 0 Å². The fraction of sp³-hybridized carbons (Fsp3) is 0.467. The Kier molecular flexibility index (Phi) is 4.95. The van der Waals surface area contributed by atoms with E-state index in [4.69, 9.17) is 0 Å². The van der Waals surface area contributed by atoms with E-state index in [1.807, 2.05) is 0 Å². The third kappa shape index (κ3) is 3.35. The molecule has 0 N–H and O–H groups in total. The van der Waals surface area contributed by atoms with E-state index in [2.05, 4.69) is 4.74 Å². The maximum Gasteiger partial charge on any atom is 0.409 e. The fourth-order valence-electron chi connectivity index (χ4n) is 2.61. The highest BCUT2D eigenvalue weighted by molar-refractivity contribution is 5.95. The van der Waals surface area contributed by atoms with Gasteiger partial charge in [-0.1, -0.05) is 0 Å². The molecule has 5 nitrogen and oxygen atoms in total. The van der Waals surface area contributed by atoms with Crippen molar-refractivity contribution in [3.8, 4) is 0 Å². The lowest BCUT2D eigenvalue weighted by Crippen LogP contribution is -2.46. The van der Waals surface area contributed by atoms with Gasteiger partial charge < -0.3 is 14.5 Å².